The first kappa shape index (κ1) is 64.9. The minimum absolute atomic E-state index is 0.0172. The molecular formula is C65H124N8O3. The summed E-state index contributed by atoms with van der Waals surface area (Å²) in [7, 11) is 0. The second-order valence-corrected chi connectivity index (χ2v) is 31.2. The Bertz CT molecular complexity index is 1710. The molecule has 2 saturated carbocycles. The number of rotatable bonds is 20. The Morgan fingerprint density at radius 3 is 1.05 bits per heavy atom. The molecule has 4 aliphatic heterocycles. The van der Waals surface area contributed by atoms with Crippen molar-refractivity contribution in [1.82, 2.24) is 40.9 Å². The first-order chi connectivity index (χ1) is 35.1. The third-order valence-electron chi connectivity index (χ3n) is 18.3. The number of unbranched alkanes of at least 4 members (excludes halogenated alkanes) is 3. The Labute approximate surface area is 469 Å². The van der Waals surface area contributed by atoms with Gasteiger partial charge in [0.05, 0.1) is 6.54 Å². The van der Waals surface area contributed by atoms with Crippen molar-refractivity contribution in [2.24, 2.45) is 0 Å². The highest BCUT2D eigenvalue weighted by atomic mass is 16.3. The lowest BCUT2D eigenvalue weighted by Gasteiger charge is -2.52. The summed E-state index contributed by atoms with van der Waals surface area (Å²) in [5.41, 5.74) is 0.490. The Morgan fingerprint density at radius 1 is 0.421 bits per heavy atom. The largest absolute Gasteiger partial charge is 0.509 e. The van der Waals surface area contributed by atoms with Crippen LogP contribution in [-0.4, -0.2) is 137 Å². The summed E-state index contributed by atoms with van der Waals surface area (Å²) < 4.78 is 0. The number of nitrogens with one attached hydrogen (secondary N) is 4. The smallest absolute Gasteiger partial charge is 0.222 e. The minimum atomic E-state index is 0.0172. The van der Waals surface area contributed by atoms with Gasteiger partial charge in [-0.25, -0.2) is 0 Å². The number of nitrogens with zero attached hydrogens (tertiary/aromatic N) is 4. The van der Waals surface area contributed by atoms with Crippen LogP contribution in [0.15, 0.2) is 12.0 Å². The topological polar surface area (TPSA) is 115 Å². The van der Waals surface area contributed by atoms with Gasteiger partial charge in [-0.1, -0.05) is 65.2 Å². The van der Waals surface area contributed by atoms with Crippen molar-refractivity contribution >= 4 is 11.8 Å². The molecule has 2 aliphatic carbocycles. The zero-order valence-electron chi connectivity index (χ0n) is 53.1. The van der Waals surface area contributed by atoms with Crippen molar-refractivity contribution < 1.29 is 14.7 Å². The van der Waals surface area contributed by atoms with E-state index >= 15 is 0 Å². The molecule has 6 rings (SSSR count). The zero-order chi connectivity index (χ0) is 56.5. The molecule has 6 fully saturated rings. The predicted octanol–water partition coefficient (Wildman–Crippen LogP) is 13.7. The molecule has 442 valence electrons. The van der Waals surface area contributed by atoms with E-state index in [1.807, 2.05) is 0 Å². The molecule has 4 heterocycles. The zero-order valence-corrected chi connectivity index (χ0v) is 53.1. The average molecular weight is 1070 g/mol. The first-order valence-corrected chi connectivity index (χ1v) is 31.8. The fourth-order valence-electron chi connectivity index (χ4n) is 16.7. The Balaban J connectivity index is 0.000000281. The van der Waals surface area contributed by atoms with Crippen molar-refractivity contribution in [3.63, 3.8) is 0 Å². The summed E-state index contributed by atoms with van der Waals surface area (Å²) in [6.07, 6.45) is 30.8. The molecule has 6 aliphatic rings. The summed E-state index contributed by atoms with van der Waals surface area (Å²) in [6, 6.07) is 2.66. The van der Waals surface area contributed by atoms with E-state index in [1.54, 1.807) is 0 Å². The summed E-state index contributed by atoms with van der Waals surface area (Å²) in [5, 5.41) is 27.1. The molecule has 2 amide bonds. The molecular weight excluding hydrogens is 941 g/mol. The third-order valence-corrected chi connectivity index (χ3v) is 18.3. The van der Waals surface area contributed by atoms with Gasteiger partial charge in [-0.15, -0.1) is 0 Å². The normalized spacial score (nSPS) is 26.1. The lowest BCUT2D eigenvalue weighted by atomic mass is 9.77. The van der Waals surface area contributed by atoms with Crippen molar-refractivity contribution in [3.05, 3.63) is 12.0 Å². The molecule has 0 aromatic rings. The van der Waals surface area contributed by atoms with Crippen molar-refractivity contribution in [2.45, 2.75) is 372 Å². The van der Waals surface area contributed by atoms with Gasteiger partial charge in [0, 0.05) is 113 Å². The lowest BCUT2D eigenvalue weighted by molar-refractivity contribution is -0.137. The van der Waals surface area contributed by atoms with E-state index in [0.29, 0.717) is 49.3 Å². The van der Waals surface area contributed by atoms with Gasteiger partial charge < -0.3 is 41.1 Å². The number of carbonyl (C=O) groups excluding carboxylic acids is 2. The number of hydrogen-bond donors (Lipinski definition) is 5. The van der Waals surface area contributed by atoms with E-state index in [4.69, 9.17) is 0 Å². The number of aliphatic hydroxyl groups is 1. The van der Waals surface area contributed by atoms with Crippen LogP contribution in [-0.2, 0) is 9.59 Å². The van der Waals surface area contributed by atoms with Gasteiger partial charge in [-0.3, -0.25) is 14.5 Å². The van der Waals surface area contributed by atoms with Crippen LogP contribution < -0.4 is 21.3 Å². The molecule has 0 aromatic heterocycles. The van der Waals surface area contributed by atoms with Crippen LogP contribution in [0, 0.1) is 0 Å². The van der Waals surface area contributed by atoms with Crippen molar-refractivity contribution in [2.75, 3.05) is 19.6 Å². The van der Waals surface area contributed by atoms with Gasteiger partial charge in [0.2, 0.25) is 11.8 Å². The SMILES string of the molecule is CC1(C)CC(N(C=C(O)CN(C2CCCCC2)C2CC(C)(C)NC(C)(C)C2)C2CCCCC2)CC(C)(C)N1.CCCCN(C(=O)CCCCC(=O)N(CCCC)C1CC(C)(C)NC(C)(C)C1)C1CC(C)(C)NC(C)(C)C1. The number of amides is 2. The van der Waals surface area contributed by atoms with Gasteiger partial charge in [-0.05, 0) is 214 Å². The molecule has 11 heteroatoms. The second kappa shape index (κ2) is 26.8. The summed E-state index contributed by atoms with van der Waals surface area (Å²) in [6.45, 7) is 43.7. The van der Waals surface area contributed by atoms with E-state index in [9.17, 15) is 14.7 Å². The van der Waals surface area contributed by atoms with Gasteiger partial charge in [-0.2, -0.15) is 0 Å². The fraction of sp³-hybridized carbons (Fsp3) is 0.938. The number of hydrogen-bond acceptors (Lipinski definition) is 9. The maximum absolute atomic E-state index is 13.5. The molecule has 0 aromatic carbocycles. The Hall–Kier alpha value is -1.92. The van der Waals surface area contributed by atoms with E-state index in [2.05, 4.69) is 172 Å². The van der Waals surface area contributed by atoms with Crippen LogP contribution in [0.5, 0.6) is 0 Å². The van der Waals surface area contributed by atoms with Crippen LogP contribution in [0.1, 0.15) is 292 Å². The molecule has 11 nitrogen and oxygen atoms in total. The quantitative estimate of drug-likeness (QED) is 0.0601. The van der Waals surface area contributed by atoms with Crippen LogP contribution in [0.4, 0.5) is 0 Å². The summed E-state index contributed by atoms with van der Waals surface area (Å²) in [5.74, 6) is 1.13. The molecule has 5 N–H and O–H groups in total. The molecule has 0 radical (unpaired) electrons. The highest BCUT2D eigenvalue weighted by Crippen LogP contribution is 2.39. The third kappa shape index (κ3) is 20.6. The number of aliphatic hydroxyl groups excluding tert-OH is 1. The van der Waals surface area contributed by atoms with Gasteiger partial charge in [0.25, 0.3) is 0 Å². The molecule has 0 spiro atoms. The molecule has 0 atom stereocenters. The van der Waals surface area contributed by atoms with Gasteiger partial charge in [0.15, 0.2) is 0 Å². The van der Waals surface area contributed by atoms with Gasteiger partial charge in [0.1, 0.15) is 5.76 Å². The van der Waals surface area contributed by atoms with E-state index in [1.165, 1.54) is 64.2 Å². The second-order valence-electron chi connectivity index (χ2n) is 31.2. The summed E-state index contributed by atoms with van der Waals surface area (Å²) >= 11 is 0. The monoisotopic (exact) mass is 1060 g/mol. The maximum Gasteiger partial charge on any atom is 0.222 e. The minimum Gasteiger partial charge on any atom is -0.509 e. The lowest BCUT2D eigenvalue weighted by Crippen LogP contribution is -2.63. The van der Waals surface area contributed by atoms with Crippen molar-refractivity contribution in [3.8, 4) is 0 Å². The highest BCUT2D eigenvalue weighted by molar-refractivity contribution is 5.78. The Morgan fingerprint density at radius 2 is 0.724 bits per heavy atom. The fourth-order valence-corrected chi connectivity index (χ4v) is 16.7. The molecule has 0 unspecified atom stereocenters. The van der Waals surface area contributed by atoms with Crippen LogP contribution in [0.3, 0.4) is 0 Å². The molecule has 76 heavy (non-hydrogen) atoms. The highest BCUT2D eigenvalue weighted by Gasteiger charge is 2.46. The first-order valence-electron chi connectivity index (χ1n) is 31.8. The van der Waals surface area contributed by atoms with Crippen molar-refractivity contribution in [1.29, 1.82) is 0 Å². The van der Waals surface area contributed by atoms with Crippen LogP contribution in [0.2, 0.25) is 0 Å². The van der Waals surface area contributed by atoms with E-state index < -0.39 is 0 Å². The molecule has 4 saturated heterocycles. The van der Waals surface area contributed by atoms with Crippen LogP contribution in [0.25, 0.3) is 0 Å². The number of piperidine rings is 4. The van der Waals surface area contributed by atoms with Gasteiger partial charge >= 0.3 is 0 Å². The summed E-state index contributed by atoms with van der Waals surface area (Å²) in [4.78, 5) is 36.7. The average Bonchev–Trinajstić information content (AvgIpc) is 3.26. The Kier molecular flexibility index (Phi) is 22.9. The standard InChI is InChI=1S/C33H62N4O.C32H62N4O2/c1-30(2)19-27(20-31(3,4)34-30)36(25-15-11-9-12-16-25)23-29(38)24-37(26-17-13-10-14-18-26)28-21-32(5,6)35-33(7,8)22-28;1-11-13-19-35(25-21-29(3,4)33-30(5,6)22-25)27(37)17-15-16-18-28(38)36(20-14-12-2)26-23-31(7,8)34-32(9,10)24-26/h23,25-28,34-35,38H,9-22,24H2,1-8H3;25-26,33-34H,11-24H2,1-10H3. The molecule has 0 bridgehead atoms. The van der Waals surface area contributed by atoms with Crippen LogP contribution >= 0.6 is 0 Å². The van der Waals surface area contributed by atoms with E-state index in [0.717, 1.165) is 103 Å². The number of carbonyl (C=O) groups is 2. The van der Waals surface area contributed by atoms with E-state index in [-0.39, 0.29) is 68.2 Å². The maximum atomic E-state index is 13.5. The predicted molar refractivity (Wildman–Crippen MR) is 322 cm³/mol.